The van der Waals surface area contributed by atoms with Gasteiger partial charge in [-0.05, 0) is 36.4 Å². The highest BCUT2D eigenvalue weighted by atomic mass is 16.3. The summed E-state index contributed by atoms with van der Waals surface area (Å²) in [6.07, 6.45) is 2.91. The molecule has 0 fully saturated rings. The molecule has 0 aliphatic rings. The van der Waals surface area contributed by atoms with Gasteiger partial charge in [-0.3, -0.25) is 10.1 Å². The van der Waals surface area contributed by atoms with E-state index in [1.165, 1.54) is 12.6 Å². The van der Waals surface area contributed by atoms with Gasteiger partial charge in [0, 0.05) is 5.39 Å². The number of nitrogens with one attached hydrogen (secondary N) is 2. The normalized spacial score (nSPS) is 10.8. The molecule has 0 spiro atoms. The predicted octanol–water partition coefficient (Wildman–Crippen LogP) is 3.80. The van der Waals surface area contributed by atoms with Crippen LogP contribution in [0, 0.1) is 0 Å². The molecule has 0 bridgehead atoms. The molecule has 2 N–H and O–H groups in total. The lowest BCUT2D eigenvalue weighted by Gasteiger charge is -2.09. The van der Waals surface area contributed by atoms with E-state index < -0.39 is 5.91 Å². The Morgan fingerprint density at radius 1 is 0.933 bits per heavy atom. The van der Waals surface area contributed by atoms with Gasteiger partial charge >= 0.3 is 0 Å². The second-order valence-electron chi connectivity index (χ2n) is 6.30. The first-order valence-corrected chi connectivity index (χ1v) is 9.12. The molecule has 3 aromatic heterocycles. The van der Waals surface area contributed by atoms with Gasteiger partial charge < -0.3 is 9.73 Å². The smallest absolute Gasteiger partial charge is 0.293 e. The molecule has 9 nitrogen and oxygen atoms in total. The minimum atomic E-state index is -0.441. The summed E-state index contributed by atoms with van der Waals surface area (Å²) in [6.45, 7) is 0. The van der Waals surface area contributed by atoms with Gasteiger partial charge in [0.05, 0.1) is 17.5 Å². The Bertz CT molecular complexity index is 1310. The highest BCUT2D eigenvalue weighted by molar-refractivity contribution is 6.01. The van der Waals surface area contributed by atoms with Gasteiger partial charge in [0.1, 0.15) is 12.1 Å². The van der Waals surface area contributed by atoms with Crippen LogP contribution in [-0.2, 0) is 0 Å². The van der Waals surface area contributed by atoms with E-state index in [1.807, 2.05) is 54.6 Å². The van der Waals surface area contributed by atoms with Crippen LogP contribution >= 0.6 is 0 Å². The van der Waals surface area contributed by atoms with Crippen LogP contribution in [0.3, 0.4) is 0 Å². The van der Waals surface area contributed by atoms with Crippen molar-refractivity contribution >= 4 is 34.5 Å². The van der Waals surface area contributed by atoms with Crippen LogP contribution in [0.25, 0.3) is 16.6 Å². The van der Waals surface area contributed by atoms with Crippen molar-refractivity contribution in [2.75, 3.05) is 10.6 Å². The molecule has 2 aromatic carbocycles. The van der Waals surface area contributed by atoms with Crippen LogP contribution in [0.15, 0.2) is 83.7 Å². The Labute approximate surface area is 170 Å². The Balaban J connectivity index is 1.54. The van der Waals surface area contributed by atoms with Gasteiger partial charge in [-0.15, -0.1) is 5.10 Å². The summed E-state index contributed by atoms with van der Waals surface area (Å²) in [5.74, 6) is 0.821. The summed E-state index contributed by atoms with van der Waals surface area (Å²) in [5, 5.41) is 11.1. The maximum Gasteiger partial charge on any atom is 0.293 e. The molecule has 146 valence electrons. The lowest BCUT2D eigenvalue weighted by atomic mass is 10.2. The number of benzene rings is 2. The number of carbonyl (C=O) groups is 1. The highest BCUT2D eigenvalue weighted by Gasteiger charge is 2.17. The van der Waals surface area contributed by atoms with Crippen LogP contribution in [0.5, 0.6) is 0 Å². The predicted molar refractivity (Wildman–Crippen MR) is 111 cm³/mol. The maximum absolute atomic E-state index is 12.3. The molecule has 30 heavy (non-hydrogen) atoms. The van der Waals surface area contributed by atoms with E-state index in [-0.39, 0.29) is 11.7 Å². The molecule has 9 heteroatoms. The molecule has 3 heterocycles. The van der Waals surface area contributed by atoms with Crippen LogP contribution in [-0.4, -0.2) is 30.6 Å². The monoisotopic (exact) mass is 397 g/mol. The third kappa shape index (κ3) is 3.35. The topological polar surface area (TPSA) is 111 Å². The largest absolute Gasteiger partial charge is 0.459 e. The second kappa shape index (κ2) is 7.47. The first-order valence-electron chi connectivity index (χ1n) is 9.12. The van der Waals surface area contributed by atoms with Crippen LogP contribution in [0.4, 0.5) is 17.7 Å². The lowest BCUT2D eigenvalue weighted by Crippen LogP contribution is -2.12. The Kier molecular flexibility index (Phi) is 4.37. The van der Waals surface area contributed by atoms with Crippen molar-refractivity contribution < 1.29 is 9.21 Å². The highest BCUT2D eigenvalue weighted by Crippen LogP contribution is 2.24. The molecule has 0 unspecified atom stereocenters. The zero-order valence-corrected chi connectivity index (χ0v) is 15.6. The van der Waals surface area contributed by atoms with Crippen LogP contribution < -0.4 is 10.6 Å². The van der Waals surface area contributed by atoms with Gasteiger partial charge in [0.15, 0.2) is 5.76 Å². The Morgan fingerprint density at radius 3 is 2.60 bits per heavy atom. The van der Waals surface area contributed by atoms with E-state index in [0.717, 1.165) is 16.6 Å². The third-order valence-corrected chi connectivity index (χ3v) is 4.35. The van der Waals surface area contributed by atoms with Gasteiger partial charge in [0.25, 0.3) is 11.9 Å². The molecule has 5 aromatic rings. The number of para-hydroxylation sites is 2. The van der Waals surface area contributed by atoms with Gasteiger partial charge in [0.2, 0.25) is 5.95 Å². The molecule has 5 rings (SSSR count). The minimum Gasteiger partial charge on any atom is -0.459 e. The average molecular weight is 397 g/mol. The van der Waals surface area contributed by atoms with Crippen molar-refractivity contribution in [3.63, 3.8) is 0 Å². The Morgan fingerprint density at radius 2 is 1.77 bits per heavy atom. The van der Waals surface area contributed by atoms with Crippen molar-refractivity contribution in [1.29, 1.82) is 0 Å². The molecule has 1 amide bonds. The van der Waals surface area contributed by atoms with Gasteiger partial charge in [-0.25, -0.2) is 9.97 Å². The summed E-state index contributed by atoms with van der Waals surface area (Å²) >= 11 is 0. The zero-order valence-electron chi connectivity index (χ0n) is 15.6. The van der Waals surface area contributed by atoms with E-state index in [4.69, 9.17) is 4.42 Å². The van der Waals surface area contributed by atoms with E-state index >= 15 is 0 Å². The van der Waals surface area contributed by atoms with Crippen molar-refractivity contribution in [2.24, 2.45) is 0 Å². The number of furan rings is 1. The molecule has 0 atom stereocenters. The number of nitrogens with zero attached hydrogens (tertiary/aromatic N) is 5. The number of carbonyl (C=O) groups excluding carboxylic acids is 1. The van der Waals surface area contributed by atoms with Crippen LogP contribution in [0.2, 0.25) is 0 Å². The first kappa shape index (κ1) is 17.6. The molecule has 0 aliphatic carbocycles. The third-order valence-electron chi connectivity index (χ3n) is 4.35. The van der Waals surface area contributed by atoms with Crippen molar-refractivity contribution in [2.45, 2.75) is 0 Å². The van der Waals surface area contributed by atoms with Crippen molar-refractivity contribution in [3.8, 4) is 5.69 Å². The zero-order chi connectivity index (χ0) is 20.3. The molecule has 0 saturated heterocycles. The SMILES string of the molecule is O=C(Nc1nc(Nc2ncnc3ccccc23)n(-c2ccccc2)n1)c1ccco1. The Hall–Kier alpha value is -4.53. The summed E-state index contributed by atoms with van der Waals surface area (Å²) in [5.41, 5.74) is 1.57. The van der Waals surface area contributed by atoms with Gasteiger partial charge in [-0.1, -0.05) is 30.3 Å². The number of amides is 1. The van der Waals surface area contributed by atoms with E-state index in [0.29, 0.717) is 11.8 Å². The van der Waals surface area contributed by atoms with E-state index in [9.17, 15) is 4.79 Å². The number of fused-ring (bicyclic) bond motifs is 1. The fraction of sp³-hybridized carbons (Fsp3) is 0. The van der Waals surface area contributed by atoms with Crippen molar-refractivity contribution in [3.05, 3.63) is 85.1 Å². The van der Waals surface area contributed by atoms with E-state index in [2.05, 4.69) is 30.7 Å². The molecule has 0 aliphatic heterocycles. The second-order valence-corrected chi connectivity index (χ2v) is 6.30. The van der Waals surface area contributed by atoms with Crippen molar-refractivity contribution in [1.82, 2.24) is 24.7 Å². The summed E-state index contributed by atoms with van der Waals surface area (Å²) in [7, 11) is 0. The lowest BCUT2D eigenvalue weighted by molar-refractivity contribution is 0.0996. The van der Waals surface area contributed by atoms with Gasteiger partial charge in [-0.2, -0.15) is 9.67 Å². The number of rotatable bonds is 5. The molecule has 0 saturated carbocycles. The summed E-state index contributed by atoms with van der Waals surface area (Å²) in [4.78, 5) is 25.4. The summed E-state index contributed by atoms with van der Waals surface area (Å²) < 4.78 is 6.72. The molecular weight excluding hydrogens is 382 g/mol. The molecular formula is C21H15N7O2. The number of anilines is 3. The summed E-state index contributed by atoms with van der Waals surface area (Å²) in [6, 6.07) is 20.3. The average Bonchev–Trinajstić information content (AvgIpc) is 3.45. The quantitative estimate of drug-likeness (QED) is 0.464. The van der Waals surface area contributed by atoms with Crippen LogP contribution in [0.1, 0.15) is 10.6 Å². The minimum absolute atomic E-state index is 0.126. The number of hydrogen-bond acceptors (Lipinski definition) is 7. The fourth-order valence-electron chi connectivity index (χ4n) is 2.98. The number of aromatic nitrogens is 5. The maximum atomic E-state index is 12.3. The van der Waals surface area contributed by atoms with E-state index in [1.54, 1.807) is 16.8 Å². The fourth-order valence-corrected chi connectivity index (χ4v) is 2.98. The molecule has 0 radical (unpaired) electrons. The first-order chi connectivity index (χ1) is 14.8. The number of hydrogen-bond donors (Lipinski definition) is 2. The standard InChI is InChI=1S/C21H15N7O2/c29-19(17-11-6-12-30-17)25-20-26-21(28(27-20)14-7-2-1-3-8-14)24-18-15-9-4-5-10-16(15)22-13-23-18/h1-13H,(H2,22,23,24,25,26,27,29).